The second-order valence-corrected chi connectivity index (χ2v) is 4.82. The van der Waals surface area contributed by atoms with Crippen LogP contribution in [0, 0.1) is 0 Å². The smallest absolute Gasteiger partial charge is 0.411 e. The molecule has 0 bridgehead atoms. The summed E-state index contributed by atoms with van der Waals surface area (Å²) in [6.07, 6.45) is -0.558. The number of hydrogen-bond donors (Lipinski definition) is 2. The molecule has 22 heavy (non-hydrogen) atoms. The number of halogens is 1. The molecule has 0 atom stereocenters. The molecule has 0 aliphatic heterocycles. The first-order valence-electron chi connectivity index (χ1n) is 6.69. The van der Waals surface area contributed by atoms with Crippen LogP contribution in [0.2, 0.25) is 5.02 Å². The Morgan fingerprint density at radius 1 is 1.05 bits per heavy atom. The van der Waals surface area contributed by atoms with E-state index in [0.717, 1.165) is 0 Å². The lowest BCUT2D eigenvalue weighted by Gasteiger charge is -2.08. The predicted molar refractivity (Wildman–Crippen MR) is 86.5 cm³/mol. The summed E-state index contributed by atoms with van der Waals surface area (Å²) in [5.41, 5.74) is 1.55. The van der Waals surface area contributed by atoms with Crippen LogP contribution in [-0.4, -0.2) is 18.6 Å². The number of rotatable bonds is 4. The van der Waals surface area contributed by atoms with Gasteiger partial charge >= 0.3 is 6.09 Å². The number of carbonyl (C=O) groups excluding carboxylic acids is 2. The van der Waals surface area contributed by atoms with Crippen molar-refractivity contribution in [2.75, 3.05) is 17.2 Å². The van der Waals surface area contributed by atoms with Gasteiger partial charge in [-0.05, 0) is 49.4 Å². The Morgan fingerprint density at radius 2 is 1.77 bits per heavy atom. The predicted octanol–water partition coefficient (Wildman–Crippen LogP) is 4.16. The summed E-state index contributed by atoms with van der Waals surface area (Å²) in [6.45, 7) is 2.00. The Hall–Kier alpha value is -2.53. The molecule has 0 aromatic heterocycles. The van der Waals surface area contributed by atoms with E-state index in [2.05, 4.69) is 10.6 Å². The summed E-state index contributed by atoms with van der Waals surface area (Å²) in [5, 5.41) is 5.90. The van der Waals surface area contributed by atoms with Gasteiger partial charge in [-0.15, -0.1) is 0 Å². The lowest BCUT2D eigenvalue weighted by Crippen LogP contribution is -2.15. The highest BCUT2D eigenvalue weighted by molar-refractivity contribution is 6.30. The van der Waals surface area contributed by atoms with Gasteiger partial charge in [0.25, 0.3) is 5.91 Å². The maximum Gasteiger partial charge on any atom is 0.411 e. The van der Waals surface area contributed by atoms with E-state index in [1.165, 1.54) is 0 Å². The van der Waals surface area contributed by atoms with Gasteiger partial charge in [-0.2, -0.15) is 0 Å². The minimum absolute atomic E-state index is 0.280. The molecule has 0 radical (unpaired) electrons. The van der Waals surface area contributed by atoms with Crippen molar-refractivity contribution < 1.29 is 14.3 Å². The van der Waals surface area contributed by atoms with Crippen LogP contribution in [0.3, 0.4) is 0 Å². The highest BCUT2D eigenvalue weighted by Gasteiger charge is 2.08. The van der Waals surface area contributed by atoms with Crippen LogP contribution >= 0.6 is 11.6 Å². The molecule has 0 unspecified atom stereocenters. The van der Waals surface area contributed by atoms with Crippen molar-refractivity contribution in [1.82, 2.24) is 0 Å². The SMILES string of the molecule is CCOC(=O)Nc1cccc(C(=O)Nc2ccc(Cl)cc2)c1. The van der Waals surface area contributed by atoms with E-state index in [1.54, 1.807) is 55.5 Å². The van der Waals surface area contributed by atoms with Crippen molar-refractivity contribution in [1.29, 1.82) is 0 Å². The molecule has 2 aromatic carbocycles. The van der Waals surface area contributed by atoms with Crippen molar-refractivity contribution in [3.63, 3.8) is 0 Å². The molecule has 2 amide bonds. The van der Waals surface area contributed by atoms with Gasteiger partial charge < -0.3 is 10.1 Å². The molecule has 0 saturated heterocycles. The molecule has 0 heterocycles. The van der Waals surface area contributed by atoms with Crippen molar-refractivity contribution >= 4 is 35.0 Å². The highest BCUT2D eigenvalue weighted by atomic mass is 35.5. The summed E-state index contributed by atoms with van der Waals surface area (Å²) >= 11 is 5.80. The molecule has 5 nitrogen and oxygen atoms in total. The molecule has 0 aliphatic rings. The first-order valence-corrected chi connectivity index (χ1v) is 7.07. The van der Waals surface area contributed by atoms with Crippen LogP contribution in [-0.2, 0) is 4.74 Å². The third-order valence-electron chi connectivity index (χ3n) is 2.75. The van der Waals surface area contributed by atoms with Crippen molar-refractivity contribution in [2.24, 2.45) is 0 Å². The van der Waals surface area contributed by atoms with Gasteiger partial charge in [0.1, 0.15) is 0 Å². The third-order valence-corrected chi connectivity index (χ3v) is 3.00. The number of hydrogen-bond acceptors (Lipinski definition) is 3. The summed E-state index contributed by atoms with van der Waals surface area (Å²) in [6, 6.07) is 13.4. The molecule has 2 aromatic rings. The van der Waals surface area contributed by atoms with Gasteiger partial charge in [-0.3, -0.25) is 10.1 Å². The van der Waals surface area contributed by atoms with Gasteiger partial charge in [0.2, 0.25) is 0 Å². The Bertz CT molecular complexity index is 671. The Balaban J connectivity index is 2.06. The first kappa shape index (κ1) is 15.9. The molecular formula is C16H15ClN2O3. The fourth-order valence-corrected chi connectivity index (χ4v) is 1.89. The molecule has 0 fully saturated rings. The normalized spacial score (nSPS) is 9.91. The zero-order chi connectivity index (χ0) is 15.9. The van der Waals surface area contributed by atoms with Crippen LogP contribution in [0.25, 0.3) is 0 Å². The number of nitrogens with one attached hydrogen (secondary N) is 2. The maximum atomic E-state index is 12.2. The monoisotopic (exact) mass is 318 g/mol. The van der Waals surface area contributed by atoms with Crippen LogP contribution in [0.5, 0.6) is 0 Å². The zero-order valence-corrected chi connectivity index (χ0v) is 12.7. The van der Waals surface area contributed by atoms with Gasteiger partial charge in [0.15, 0.2) is 0 Å². The molecule has 0 spiro atoms. The Labute approximate surface area is 133 Å². The topological polar surface area (TPSA) is 67.4 Å². The largest absolute Gasteiger partial charge is 0.450 e. The average molecular weight is 319 g/mol. The van der Waals surface area contributed by atoms with Crippen molar-refractivity contribution in [2.45, 2.75) is 6.92 Å². The zero-order valence-electron chi connectivity index (χ0n) is 11.9. The van der Waals surface area contributed by atoms with Crippen LogP contribution in [0.1, 0.15) is 17.3 Å². The summed E-state index contributed by atoms with van der Waals surface area (Å²) in [4.78, 5) is 23.5. The van der Waals surface area contributed by atoms with Gasteiger partial charge in [0.05, 0.1) is 6.61 Å². The molecule has 6 heteroatoms. The summed E-state index contributed by atoms with van der Waals surface area (Å²) < 4.78 is 4.79. The van der Waals surface area contributed by atoms with Gasteiger partial charge in [0, 0.05) is 22.0 Å². The van der Waals surface area contributed by atoms with Crippen molar-refractivity contribution in [3.8, 4) is 0 Å². The molecule has 0 saturated carbocycles. The molecule has 0 aliphatic carbocycles. The fourth-order valence-electron chi connectivity index (χ4n) is 1.76. The second-order valence-electron chi connectivity index (χ2n) is 4.39. The molecule has 2 N–H and O–H groups in total. The number of carbonyl (C=O) groups is 2. The minimum Gasteiger partial charge on any atom is -0.450 e. The fraction of sp³-hybridized carbons (Fsp3) is 0.125. The van der Waals surface area contributed by atoms with E-state index in [0.29, 0.717) is 22.0 Å². The summed E-state index contributed by atoms with van der Waals surface area (Å²) in [5.74, 6) is -0.283. The first-order chi connectivity index (χ1) is 10.6. The van der Waals surface area contributed by atoms with Crippen LogP contribution in [0.4, 0.5) is 16.2 Å². The highest BCUT2D eigenvalue weighted by Crippen LogP contribution is 2.16. The maximum absolute atomic E-state index is 12.2. The number of benzene rings is 2. The van der Waals surface area contributed by atoms with Gasteiger partial charge in [-0.1, -0.05) is 17.7 Å². The van der Waals surface area contributed by atoms with E-state index >= 15 is 0 Å². The molecule has 114 valence electrons. The number of amides is 2. The quantitative estimate of drug-likeness (QED) is 0.889. The minimum atomic E-state index is -0.558. The number of ether oxygens (including phenoxy) is 1. The van der Waals surface area contributed by atoms with E-state index in [4.69, 9.17) is 16.3 Å². The number of anilines is 2. The molecule has 2 rings (SSSR count). The Morgan fingerprint density at radius 3 is 2.45 bits per heavy atom. The van der Waals surface area contributed by atoms with Crippen LogP contribution < -0.4 is 10.6 Å². The van der Waals surface area contributed by atoms with E-state index in [1.807, 2.05) is 0 Å². The van der Waals surface area contributed by atoms with Crippen molar-refractivity contribution in [3.05, 3.63) is 59.1 Å². The lowest BCUT2D eigenvalue weighted by molar-refractivity contribution is 0.102. The lowest BCUT2D eigenvalue weighted by atomic mass is 10.2. The summed E-state index contributed by atoms with van der Waals surface area (Å²) in [7, 11) is 0. The van der Waals surface area contributed by atoms with E-state index in [9.17, 15) is 9.59 Å². The third kappa shape index (κ3) is 4.49. The van der Waals surface area contributed by atoms with Crippen LogP contribution in [0.15, 0.2) is 48.5 Å². The molecular weight excluding hydrogens is 304 g/mol. The van der Waals surface area contributed by atoms with E-state index in [-0.39, 0.29) is 12.5 Å². The average Bonchev–Trinajstić information content (AvgIpc) is 2.50. The van der Waals surface area contributed by atoms with Gasteiger partial charge in [-0.25, -0.2) is 4.79 Å². The Kier molecular flexibility index (Phi) is 5.38. The second kappa shape index (κ2) is 7.47. The van der Waals surface area contributed by atoms with E-state index < -0.39 is 6.09 Å². The standard InChI is InChI=1S/C16H15ClN2O3/c1-2-22-16(21)19-14-5-3-4-11(10-14)15(20)18-13-8-6-12(17)7-9-13/h3-10H,2H2,1H3,(H,18,20)(H,19,21).